The topological polar surface area (TPSA) is 65.0 Å². The van der Waals surface area contributed by atoms with Gasteiger partial charge in [0.05, 0.1) is 12.7 Å². The number of aliphatic hydroxyl groups is 1. The summed E-state index contributed by atoms with van der Waals surface area (Å²) in [5.74, 6) is -1.80. The summed E-state index contributed by atoms with van der Waals surface area (Å²) in [7, 11) is 0. The number of carbonyl (C=O) groups is 1. The van der Waals surface area contributed by atoms with Crippen molar-refractivity contribution in [3.8, 4) is 0 Å². The Morgan fingerprint density at radius 1 is 1.35 bits per heavy atom. The summed E-state index contributed by atoms with van der Waals surface area (Å²) in [5.41, 5.74) is -1.56. The summed E-state index contributed by atoms with van der Waals surface area (Å²) in [4.78, 5) is 11.5. The predicted octanol–water partition coefficient (Wildman–Crippen LogP) is 0.421. The van der Waals surface area contributed by atoms with Crippen LogP contribution < -0.4 is 0 Å². The second-order valence-corrected chi connectivity index (χ2v) is 5.22. The van der Waals surface area contributed by atoms with Gasteiger partial charge in [-0.25, -0.2) is 4.79 Å². The maximum atomic E-state index is 12.4. The van der Waals surface area contributed by atoms with Gasteiger partial charge in [-0.3, -0.25) is 0 Å². The second-order valence-electron chi connectivity index (χ2n) is 5.22. The first-order chi connectivity index (χ1) is 9.34. The number of alkyl halides is 3. The quantitative estimate of drug-likeness (QED) is 0.604. The van der Waals surface area contributed by atoms with E-state index in [0.717, 1.165) is 0 Å². The fourth-order valence-corrected chi connectivity index (χ4v) is 3.20. The summed E-state index contributed by atoms with van der Waals surface area (Å²) in [6, 6.07) is 0. The van der Waals surface area contributed by atoms with E-state index >= 15 is 0 Å². The molecule has 3 aliphatic rings. The molecule has 0 amide bonds. The Morgan fingerprint density at radius 3 is 2.65 bits per heavy atom. The van der Waals surface area contributed by atoms with Crippen molar-refractivity contribution in [2.75, 3.05) is 13.2 Å². The molecule has 3 fully saturated rings. The Labute approximate surface area is 112 Å². The molecule has 3 heterocycles. The Kier molecular flexibility index (Phi) is 3.07. The molecule has 0 aliphatic carbocycles. The van der Waals surface area contributed by atoms with Gasteiger partial charge in [0, 0.05) is 18.4 Å². The lowest BCUT2D eigenvalue weighted by atomic mass is 9.79. The Hall–Kier alpha value is -1.12. The number of carbonyl (C=O) groups excluding carboxylic acids is 1. The Bertz CT molecular complexity index is 449. The van der Waals surface area contributed by atoms with E-state index in [9.17, 15) is 23.1 Å². The van der Waals surface area contributed by atoms with Crippen LogP contribution in [0.15, 0.2) is 12.2 Å². The third kappa shape index (κ3) is 1.86. The maximum Gasteiger partial charge on any atom is 0.422 e. The standard InChI is InChI=1S/C12H13F3O5/c1-4(12(13,14)15)11(17)20-10-7-5(2-16)6-3-18-9(10)8(6)19-7/h5-10,16H,1-3H2. The van der Waals surface area contributed by atoms with Crippen molar-refractivity contribution in [2.24, 2.45) is 11.8 Å². The van der Waals surface area contributed by atoms with Crippen LogP contribution in [-0.2, 0) is 19.0 Å². The minimum Gasteiger partial charge on any atom is -0.453 e. The summed E-state index contributed by atoms with van der Waals surface area (Å²) in [6.07, 6.45) is -7.26. The molecule has 1 N–H and O–H groups in total. The molecule has 5 nitrogen and oxygen atoms in total. The van der Waals surface area contributed by atoms with Crippen LogP contribution >= 0.6 is 0 Å². The molecule has 3 aliphatic heterocycles. The van der Waals surface area contributed by atoms with Gasteiger partial charge in [-0.2, -0.15) is 13.2 Å². The number of rotatable bonds is 3. The van der Waals surface area contributed by atoms with Crippen LogP contribution in [0.25, 0.3) is 0 Å². The molecular weight excluding hydrogens is 281 g/mol. The largest absolute Gasteiger partial charge is 0.453 e. The minimum absolute atomic E-state index is 0.00997. The van der Waals surface area contributed by atoms with E-state index in [4.69, 9.17) is 14.2 Å². The minimum atomic E-state index is -4.83. The first-order valence-electron chi connectivity index (χ1n) is 6.19. The van der Waals surface area contributed by atoms with Gasteiger partial charge in [-0.1, -0.05) is 6.58 Å². The normalized spacial score (nSPS) is 42.0. The van der Waals surface area contributed by atoms with Crippen LogP contribution in [-0.4, -0.2) is 54.9 Å². The van der Waals surface area contributed by atoms with E-state index in [0.29, 0.717) is 6.61 Å². The summed E-state index contributed by atoms with van der Waals surface area (Å²) >= 11 is 0. The van der Waals surface area contributed by atoms with Crippen LogP contribution in [0.3, 0.4) is 0 Å². The molecule has 0 aromatic rings. The molecule has 8 heteroatoms. The fraction of sp³-hybridized carbons (Fsp3) is 0.750. The number of ether oxygens (including phenoxy) is 3. The van der Waals surface area contributed by atoms with Crippen LogP contribution in [0.1, 0.15) is 0 Å². The highest BCUT2D eigenvalue weighted by Gasteiger charge is 2.65. The molecular formula is C12H13F3O5. The van der Waals surface area contributed by atoms with Gasteiger partial charge in [0.15, 0.2) is 6.10 Å². The average molecular weight is 294 g/mol. The molecule has 6 unspecified atom stereocenters. The van der Waals surface area contributed by atoms with Crippen molar-refractivity contribution in [1.29, 1.82) is 0 Å². The summed E-state index contributed by atoms with van der Waals surface area (Å²) in [6.45, 7) is 2.87. The zero-order valence-electron chi connectivity index (χ0n) is 10.3. The predicted molar refractivity (Wildman–Crippen MR) is 57.5 cm³/mol. The van der Waals surface area contributed by atoms with E-state index in [1.807, 2.05) is 0 Å². The van der Waals surface area contributed by atoms with Gasteiger partial charge in [0.2, 0.25) is 0 Å². The van der Waals surface area contributed by atoms with E-state index < -0.39 is 36.0 Å². The number of halogens is 3. The third-order valence-electron chi connectivity index (χ3n) is 4.20. The molecule has 0 aromatic carbocycles. The highest BCUT2D eigenvalue weighted by atomic mass is 19.4. The highest BCUT2D eigenvalue weighted by molar-refractivity contribution is 5.89. The van der Waals surface area contributed by atoms with Crippen LogP contribution in [0.4, 0.5) is 13.2 Å². The monoisotopic (exact) mass is 294 g/mol. The molecule has 3 rings (SSSR count). The van der Waals surface area contributed by atoms with Crippen LogP contribution in [0.2, 0.25) is 0 Å². The first kappa shape index (κ1) is 13.8. The van der Waals surface area contributed by atoms with Crippen molar-refractivity contribution >= 4 is 5.97 Å². The van der Waals surface area contributed by atoms with Gasteiger partial charge >= 0.3 is 12.1 Å². The number of fused-ring (bicyclic) bond motifs is 1. The lowest BCUT2D eigenvalue weighted by Crippen LogP contribution is -2.46. The number of hydrogen-bond acceptors (Lipinski definition) is 5. The van der Waals surface area contributed by atoms with E-state index in [1.54, 1.807) is 0 Å². The summed E-state index contributed by atoms with van der Waals surface area (Å²) < 4.78 is 53.0. The van der Waals surface area contributed by atoms with E-state index in [1.165, 1.54) is 0 Å². The summed E-state index contributed by atoms with van der Waals surface area (Å²) in [5, 5.41) is 9.32. The fourth-order valence-electron chi connectivity index (χ4n) is 3.20. The van der Waals surface area contributed by atoms with Gasteiger partial charge in [-0.15, -0.1) is 0 Å². The van der Waals surface area contributed by atoms with Crippen molar-refractivity contribution in [3.63, 3.8) is 0 Å². The van der Waals surface area contributed by atoms with Crippen LogP contribution in [0, 0.1) is 11.8 Å². The molecule has 0 saturated carbocycles. The molecule has 2 bridgehead atoms. The zero-order valence-corrected chi connectivity index (χ0v) is 10.3. The van der Waals surface area contributed by atoms with Gasteiger partial charge in [0.25, 0.3) is 0 Å². The van der Waals surface area contributed by atoms with Gasteiger partial charge in [-0.05, 0) is 0 Å². The molecule has 0 radical (unpaired) electrons. The molecule has 0 spiro atoms. The highest BCUT2D eigenvalue weighted by Crippen LogP contribution is 2.50. The molecule has 0 aromatic heterocycles. The zero-order chi connectivity index (χ0) is 14.7. The number of esters is 1. The Morgan fingerprint density at radius 2 is 2.05 bits per heavy atom. The molecule has 3 saturated heterocycles. The number of hydrogen-bond donors (Lipinski definition) is 1. The van der Waals surface area contributed by atoms with Crippen molar-refractivity contribution in [1.82, 2.24) is 0 Å². The van der Waals surface area contributed by atoms with Gasteiger partial charge in [0.1, 0.15) is 17.8 Å². The SMILES string of the molecule is C=C(C(=O)OC1C2OC3C(COC31)C2CO)C(F)(F)F. The smallest absolute Gasteiger partial charge is 0.422 e. The van der Waals surface area contributed by atoms with E-state index in [-0.39, 0.29) is 24.5 Å². The Balaban J connectivity index is 1.73. The van der Waals surface area contributed by atoms with Gasteiger partial charge < -0.3 is 19.3 Å². The molecule has 20 heavy (non-hydrogen) atoms. The van der Waals surface area contributed by atoms with Crippen LogP contribution in [0.5, 0.6) is 0 Å². The lowest BCUT2D eigenvalue weighted by molar-refractivity contribution is -0.162. The molecule has 112 valence electrons. The third-order valence-corrected chi connectivity index (χ3v) is 4.20. The molecule has 6 atom stereocenters. The second kappa shape index (κ2) is 4.44. The van der Waals surface area contributed by atoms with Crippen molar-refractivity contribution in [3.05, 3.63) is 12.2 Å². The van der Waals surface area contributed by atoms with Crippen molar-refractivity contribution < 1.29 is 37.3 Å². The maximum absolute atomic E-state index is 12.4. The average Bonchev–Trinajstić information content (AvgIpc) is 2.97. The lowest BCUT2D eigenvalue weighted by Gasteiger charge is -2.28. The van der Waals surface area contributed by atoms with Crippen molar-refractivity contribution in [2.45, 2.75) is 30.6 Å². The first-order valence-corrected chi connectivity index (χ1v) is 6.19. The van der Waals surface area contributed by atoms with E-state index in [2.05, 4.69) is 6.58 Å². The number of aliphatic hydroxyl groups excluding tert-OH is 1.